The summed E-state index contributed by atoms with van der Waals surface area (Å²) < 4.78 is 7.59. The topological polar surface area (TPSA) is 123 Å². The minimum atomic E-state index is -0.466. The first kappa shape index (κ1) is 19.8. The predicted octanol–water partition coefficient (Wildman–Crippen LogP) is 0.543. The molecule has 0 aliphatic carbocycles. The van der Waals surface area contributed by atoms with Gasteiger partial charge in [-0.15, -0.1) is 0 Å². The number of aromatic nitrogens is 2. The van der Waals surface area contributed by atoms with Crippen molar-refractivity contribution in [2.24, 2.45) is 12.8 Å². The van der Waals surface area contributed by atoms with Gasteiger partial charge in [0, 0.05) is 38.1 Å². The number of carbonyl (C=O) groups is 2. The van der Waals surface area contributed by atoms with E-state index < -0.39 is 5.91 Å². The third-order valence-corrected chi connectivity index (χ3v) is 5.10. The summed E-state index contributed by atoms with van der Waals surface area (Å²) in [6, 6.07) is 5.31. The standard InChI is InChI=1S/C21H23N5O4/c1-25-11-17(13-3-5-23-14(7-13)8-18(22)27)20-16(21(25)29)9-15(30-20)10-26-6-2-4-24-19(28)12-26/h3,5,7,9,11H,2,4,6,8,10,12H2,1H3,(H2,22,27)(H,24,28). The molecule has 3 aromatic heterocycles. The molecule has 0 spiro atoms. The van der Waals surface area contributed by atoms with E-state index in [1.165, 1.54) is 4.57 Å². The first-order valence-corrected chi connectivity index (χ1v) is 9.75. The summed E-state index contributed by atoms with van der Waals surface area (Å²) in [5.41, 5.74) is 7.64. The highest BCUT2D eigenvalue weighted by atomic mass is 16.3. The molecule has 0 atom stereocenters. The number of nitrogens with two attached hydrogens (primary N) is 1. The summed E-state index contributed by atoms with van der Waals surface area (Å²) in [4.78, 5) is 41.9. The Morgan fingerprint density at radius 1 is 1.33 bits per heavy atom. The van der Waals surface area contributed by atoms with E-state index in [0.29, 0.717) is 42.1 Å². The van der Waals surface area contributed by atoms with Gasteiger partial charge in [-0.1, -0.05) is 0 Å². The summed E-state index contributed by atoms with van der Waals surface area (Å²) >= 11 is 0. The van der Waals surface area contributed by atoms with Crippen molar-refractivity contribution in [2.45, 2.75) is 19.4 Å². The van der Waals surface area contributed by atoms with Crippen molar-refractivity contribution in [3.05, 3.63) is 52.4 Å². The number of rotatable bonds is 5. The lowest BCUT2D eigenvalue weighted by molar-refractivity contribution is -0.121. The Kier molecular flexibility index (Phi) is 5.37. The number of nitrogens with one attached hydrogen (secondary N) is 1. The number of carbonyl (C=O) groups excluding carboxylic acids is 2. The van der Waals surface area contributed by atoms with Gasteiger partial charge in [0.25, 0.3) is 5.56 Å². The molecular formula is C21H23N5O4. The lowest BCUT2D eigenvalue weighted by Gasteiger charge is -2.16. The van der Waals surface area contributed by atoms with Crippen molar-refractivity contribution >= 4 is 22.8 Å². The molecule has 3 N–H and O–H groups in total. The smallest absolute Gasteiger partial charge is 0.261 e. The molecule has 2 amide bonds. The van der Waals surface area contributed by atoms with Gasteiger partial charge in [0.1, 0.15) is 11.3 Å². The Morgan fingerprint density at radius 2 is 2.17 bits per heavy atom. The van der Waals surface area contributed by atoms with Gasteiger partial charge in [0.2, 0.25) is 11.8 Å². The quantitative estimate of drug-likeness (QED) is 0.634. The molecular weight excluding hydrogens is 386 g/mol. The summed E-state index contributed by atoms with van der Waals surface area (Å²) in [5, 5.41) is 3.32. The number of pyridine rings is 2. The molecule has 1 fully saturated rings. The second kappa shape index (κ2) is 8.11. The van der Waals surface area contributed by atoms with Crippen LogP contribution in [0.4, 0.5) is 0 Å². The minimum absolute atomic E-state index is 0.0148. The maximum atomic E-state index is 12.7. The van der Waals surface area contributed by atoms with E-state index in [1.807, 2.05) is 4.90 Å². The van der Waals surface area contributed by atoms with Crippen molar-refractivity contribution < 1.29 is 14.0 Å². The van der Waals surface area contributed by atoms with Crippen LogP contribution >= 0.6 is 0 Å². The van der Waals surface area contributed by atoms with Crippen molar-refractivity contribution in [1.82, 2.24) is 19.8 Å². The zero-order valence-electron chi connectivity index (χ0n) is 16.7. The fourth-order valence-electron chi connectivity index (χ4n) is 3.73. The molecule has 9 heteroatoms. The van der Waals surface area contributed by atoms with E-state index in [9.17, 15) is 14.4 Å². The average molecular weight is 409 g/mol. The van der Waals surface area contributed by atoms with Gasteiger partial charge in [-0.25, -0.2) is 0 Å². The van der Waals surface area contributed by atoms with Gasteiger partial charge in [0.05, 0.1) is 30.6 Å². The van der Waals surface area contributed by atoms with E-state index in [-0.39, 0.29) is 17.9 Å². The van der Waals surface area contributed by atoms with Crippen molar-refractivity contribution in [3.8, 4) is 11.1 Å². The number of aryl methyl sites for hydroxylation is 1. The van der Waals surface area contributed by atoms with Crippen molar-refractivity contribution in [2.75, 3.05) is 19.6 Å². The highest BCUT2D eigenvalue weighted by Crippen LogP contribution is 2.29. The van der Waals surface area contributed by atoms with Crippen LogP contribution in [0.2, 0.25) is 0 Å². The first-order valence-electron chi connectivity index (χ1n) is 9.75. The van der Waals surface area contributed by atoms with Gasteiger partial charge < -0.3 is 20.0 Å². The summed E-state index contributed by atoms with van der Waals surface area (Å²) in [7, 11) is 1.68. The number of hydrogen-bond donors (Lipinski definition) is 2. The lowest BCUT2D eigenvalue weighted by atomic mass is 10.1. The molecule has 4 heterocycles. The van der Waals surface area contributed by atoms with E-state index in [4.69, 9.17) is 10.2 Å². The number of fused-ring (bicyclic) bond motifs is 1. The monoisotopic (exact) mass is 409 g/mol. The van der Waals surface area contributed by atoms with E-state index in [0.717, 1.165) is 24.1 Å². The molecule has 0 bridgehead atoms. The second-order valence-corrected chi connectivity index (χ2v) is 7.51. The van der Waals surface area contributed by atoms with Gasteiger partial charge in [-0.3, -0.25) is 24.3 Å². The van der Waals surface area contributed by atoms with Gasteiger partial charge in [0.15, 0.2) is 0 Å². The number of hydrogen-bond acceptors (Lipinski definition) is 6. The van der Waals surface area contributed by atoms with Gasteiger partial charge in [-0.05, 0) is 30.2 Å². The van der Waals surface area contributed by atoms with Gasteiger partial charge in [-0.2, -0.15) is 0 Å². The summed E-state index contributed by atoms with van der Waals surface area (Å²) in [6.45, 7) is 2.16. The Hall–Kier alpha value is -3.46. The molecule has 3 aromatic rings. The number of furan rings is 1. The van der Waals surface area contributed by atoms with Crippen molar-refractivity contribution in [1.29, 1.82) is 0 Å². The van der Waals surface area contributed by atoms with Crippen LogP contribution in [0.15, 0.2) is 39.8 Å². The highest BCUT2D eigenvalue weighted by Gasteiger charge is 2.19. The number of nitrogens with zero attached hydrogens (tertiary/aromatic N) is 3. The Balaban J connectivity index is 1.74. The predicted molar refractivity (Wildman–Crippen MR) is 110 cm³/mol. The molecule has 30 heavy (non-hydrogen) atoms. The zero-order chi connectivity index (χ0) is 21.3. The van der Waals surface area contributed by atoms with E-state index in [2.05, 4.69) is 10.3 Å². The van der Waals surface area contributed by atoms with Crippen LogP contribution in [0.5, 0.6) is 0 Å². The minimum Gasteiger partial charge on any atom is -0.459 e. The summed E-state index contributed by atoms with van der Waals surface area (Å²) in [6.07, 6.45) is 4.20. The molecule has 4 rings (SSSR count). The first-order chi connectivity index (χ1) is 14.4. The normalized spacial score (nSPS) is 15.2. The SMILES string of the molecule is Cn1cc(-c2ccnc(CC(N)=O)c2)c2oc(CN3CCCNC(=O)C3)cc2c1=O. The highest BCUT2D eigenvalue weighted by molar-refractivity contribution is 5.92. The van der Waals surface area contributed by atoms with Crippen LogP contribution in [0, 0.1) is 0 Å². The van der Waals surface area contributed by atoms with Gasteiger partial charge >= 0.3 is 0 Å². The third kappa shape index (κ3) is 4.11. The van der Waals surface area contributed by atoms with Crippen LogP contribution in [0.3, 0.4) is 0 Å². The van der Waals surface area contributed by atoms with Crippen LogP contribution < -0.4 is 16.6 Å². The van der Waals surface area contributed by atoms with Crippen LogP contribution in [-0.4, -0.2) is 45.9 Å². The zero-order valence-corrected chi connectivity index (χ0v) is 16.7. The third-order valence-electron chi connectivity index (χ3n) is 5.10. The average Bonchev–Trinajstić information content (AvgIpc) is 3.00. The van der Waals surface area contributed by atoms with Crippen molar-refractivity contribution in [3.63, 3.8) is 0 Å². The molecule has 0 unspecified atom stereocenters. The molecule has 0 aromatic carbocycles. The lowest BCUT2D eigenvalue weighted by Crippen LogP contribution is -2.32. The molecule has 1 aliphatic rings. The Bertz CT molecular complexity index is 1180. The molecule has 0 radical (unpaired) electrons. The summed E-state index contributed by atoms with van der Waals surface area (Å²) in [5.74, 6) is 0.140. The van der Waals surface area contributed by atoms with E-state index >= 15 is 0 Å². The Labute approximate surface area is 172 Å². The molecule has 9 nitrogen and oxygen atoms in total. The van der Waals surface area contributed by atoms with Crippen LogP contribution in [-0.2, 0) is 29.6 Å². The maximum absolute atomic E-state index is 12.7. The van der Waals surface area contributed by atoms with Crippen LogP contribution in [0.1, 0.15) is 17.9 Å². The number of primary amides is 1. The molecule has 1 aliphatic heterocycles. The fourth-order valence-corrected chi connectivity index (χ4v) is 3.73. The molecule has 156 valence electrons. The maximum Gasteiger partial charge on any atom is 0.261 e. The van der Waals surface area contributed by atoms with Crippen LogP contribution in [0.25, 0.3) is 22.1 Å². The second-order valence-electron chi connectivity index (χ2n) is 7.51. The van der Waals surface area contributed by atoms with E-state index in [1.54, 1.807) is 37.6 Å². The largest absolute Gasteiger partial charge is 0.459 e. The Morgan fingerprint density at radius 3 is 2.97 bits per heavy atom. The molecule has 0 saturated carbocycles. The number of amides is 2. The molecule has 1 saturated heterocycles. The fraction of sp³-hybridized carbons (Fsp3) is 0.333.